The summed E-state index contributed by atoms with van der Waals surface area (Å²) in [4.78, 5) is 2.49. The molecule has 1 heterocycles. The predicted octanol–water partition coefficient (Wildman–Crippen LogP) is 4.56. The Morgan fingerprint density at radius 2 is 1.75 bits per heavy atom. The van der Waals surface area contributed by atoms with Crippen molar-refractivity contribution in [3.63, 3.8) is 0 Å². The van der Waals surface area contributed by atoms with Crippen LogP contribution in [0.5, 0.6) is 5.75 Å². The van der Waals surface area contributed by atoms with Crippen LogP contribution >= 0.6 is 23.2 Å². The summed E-state index contributed by atoms with van der Waals surface area (Å²) in [5.74, 6) is 0.868. The third-order valence-corrected chi connectivity index (χ3v) is 5.25. The second-order valence-electron chi connectivity index (χ2n) is 5.90. The fraction of sp³-hybridized carbons (Fsp3) is 0.625. The summed E-state index contributed by atoms with van der Waals surface area (Å²) >= 11 is 13.0. The van der Waals surface area contributed by atoms with Gasteiger partial charge < -0.3 is 4.74 Å². The lowest BCUT2D eigenvalue weighted by Crippen LogP contribution is -2.61. The molecule has 4 heteroatoms. The number of likely N-dealkylation sites (tertiary alicyclic amines) is 1. The van der Waals surface area contributed by atoms with Crippen LogP contribution in [0.1, 0.15) is 43.7 Å². The van der Waals surface area contributed by atoms with E-state index in [1.54, 1.807) is 7.11 Å². The van der Waals surface area contributed by atoms with Gasteiger partial charge in [0.15, 0.2) is 0 Å². The van der Waals surface area contributed by atoms with Crippen LogP contribution in [0.25, 0.3) is 0 Å². The first kappa shape index (κ1) is 14.5. The summed E-state index contributed by atoms with van der Waals surface area (Å²) in [7, 11) is 1.68. The first-order valence-corrected chi connectivity index (χ1v) is 8.15. The van der Waals surface area contributed by atoms with Crippen molar-refractivity contribution in [1.29, 1.82) is 0 Å². The molecular formula is C16H21Cl2NO. The SMILES string of the molecule is COc1ccc(C2N(C3CCCCC3)CC2(Cl)Cl)cc1. The zero-order valence-corrected chi connectivity index (χ0v) is 13.3. The molecule has 20 heavy (non-hydrogen) atoms. The van der Waals surface area contributed by atoms with Gasteiger partial charge in [0.25, 0.3) is 0 Å². The van der Waals surface area contributed by atoms with Gasteiger partial charge in [0, 0.05) is 12.6 Å². The van der Waals surface area contributed by atoms with Crippen molar-refractivity contribution in [1.82, 2.24) is 4.90 Å². The summed E-state index contributed by atoms with van der Waals surface area (Å²) in [5, 5.41) is 0. The number of hydrogen-bond donors (Lipinski definition) is 0. The summed E-state index contributed by atoms with van der Waals surface area (Å²) in [5.41, 5.74) is 1.19. The molecule has 1 saturated heterocycles. The molecule has 2 nitrogen and oxygen atoms in total. The molecule has 1 aliphatic heterocycles. The molecule has 0 N–H and O–H groups in total. The minimum atomic E-state index is -0.661. The van der Waals surface area contributed by atoms with Gasteiger partial charge in [-0.15, -0.1) is 0 Å². The van der Waals surface area contributed by atoms with Crippen LogP contribution in [0.3, 0.4) is 0 Å². The van der Waals surface area contributed by atoms with Gasteiger partial charge in [-0.05, 0) is 30.5 Å². The van der Waals surface area contributed by atoms with Crippen molar-refractivity contribution < 1.29 is 4.74 Å². The van der Waals surface area contributed by atoms with Gasteiger partial charge >= 0.3 is 0 Å². The van der Waals surface area contributed by atoms with Crippen LogP contribution in [0, 0.1) is 0 Å². The highest BCUT2D eigenvalue weighted by molar-refractivity contribution is 6.49. The van der Waals surface area contributed by atoms with E-state index in [0.29, 0.717) is 6.04 Å². The molecule has 110 valence electrons. The van der Waals surface area contributed by atoms with E-state index >= 15 is 0 Å². The van der Waals surface area contributed by atoms with Crippen molar-refractivity contribution >= 4 is 23.2 Å². The minimum absolute atomic E-state index is 0.111. The molecule has 0 bridgehead atoms. The van der Waals surface area contributed by atoms with Crippen LogP contribution in [0.4, 0.5) is 0 Å². The average Bonchev–Trinajstić information content (AvgIpc) is 2.47. The Labute approximate surface area is 131 Å². The van der Waals surface area contributed by atoms with Crippen LogP contribution in [-0.2, 0) is 0 Å². The molecule has 0 amide bonds. The number of rotatable bonds is 3. The highest BCUT2D eigenvalue weighted by atomic mass is 35.5. The average molecular weight is 314 g/mol. The Bertz CT molecular complexity index is 454. The molecule has 1 aliphatic carbocycles. The van der Waals surface area contributed by atoms with E-state index in [4.69, 9.17) is 27.9 Å². The van der Waals surface area contributed by atoms with Crippen LogP contribution < -0.4 is 4.74 Å². The Kier molecular flexibility index (Phi) is 4.16. The van der Waals surface area contributed by atoms with E-state index in [0.717, 1.165) is 12.3 Å². The van der Waals surface area contributed by atoms with Gasteiger partial charge in [0.1, 0.15) is 10.1 Å². The highest BCUT2D eigenvalue weighted by Crippen LogP contribution is 2.52. The maximum atomic E-state index is 6.49. The second kappa shape index (κ2) is 5.75. The van der Waals surface area contributed by atoms with Crippen LogP contribution in [0.15, 0.2) is 24.3 Å². The Hall–Kier alpha value is -0.440. The van der Waals surface area contributed by atoms with E-state index < -0.39 is 4.33 Å². The topological polar surface area (TPSA) is 12.5 Å². The van der Waals surface area contributed by atoms with E-state index in [1.165, 1.54) is 37.7 Å². The zero-order chi connectivity index (χ0) is 14.2. The molecule has 0 aromatic heterocycles. The standard InChI is InChI=1S/C16H21Cl2NO/c1-20-14-9-7-12(8-10-14)15-16(17,18)11-19(15)13-5-3-2-4-6-13/h7-10,13,15H,2-6,11H2,1H3. The van der Waals surface area contributed by atoms with E-state index in [9.17, 15) is 0 Å². The summed E-state index contributed by atoms with van der Waals surface area (Å²) in [6.07, 6.45) is 6.57. The molecule has 1 aromatic rings. The fourth-order valence-electron chi connectivity index (χ4n) is 3.53. The molecule has 0 radical (unpaired) electrons. The number of nitrogens with zero attached hydrogens (tertiary/aromatic N) is 1. The molecule has 1 unspecified atom stereocenters. The second-order valence-corrected chi connectivity index (χ2v) is 7.44. The third kappa shape index (κ3) is 2.66. The number of hydrogen-bond acceptors (Lipinski definition) is 2. The summed E-state index contributed by atoms with van der Waals surface area (Å²) in [6.45, 7) is 0.775. The van der Waals surface area contributed by atoms with Gasteiger partial charge in [-0.3, -0.25) is 4.90 Å². The van der Waals surface area contributed by atoms with Crippen molar-refractivity contribution in [3.8, 4) is 5.75 Å². The zero-order valence-electron chi connectivity index (χ0n) is 11.8. The maximum absolute atomic E-state index is 6.49. The van der Waals surface area contributed by atoms with Crippen LogP contribution in [0.2, 0.25) is 0 Å². The molecule has 3 rings (SSSR count). The number of halogens is 2. The maximum Gasteiger partial charge on any atom is 0.150 e. The lowest BCUT2D eigenvalue weighted by Gasteiger charge is -2.55. The van der Waals surface area contributed by atoms with Gasteiger partial charge in [-0.2, -0.15) is 0 Å². The Morgan fingerprint density at radius 1 is 1.10 bits per heavy atom. The van der Waals surface area contributed by atoms with Crippen molar-refractivity contribution in [2.75, 3.05) is 13.7 Å². The minimum Gasteiger partial charge on any atom is -0.497 e. The van der Waals surface area contributed by atoms with Crippen molar-refractivity contribution in [2.45, 2.75) is 48.5 Å². The van der Waals surface area contributed by atoms with E-state index in [2.05, 4.69) is 17.0 Å². The molecule has 1 aromatic carbocycles. The van der Waals surface area contributed by atoms with Crippen LogP contribution in [-0.4, -0.2) is 28.9 Å². The van der Waals surface area contributed by atoms with Gasteiger partial charge in [-0.1, -0.05) is 54.6 Å². The molecule has 0 spiro atoms. The Morgan fingerprint density at radius 3 is 2.30 bits per heavy atom. The quantitative estimate of drug-likeness (QED) is 0.759. The first-order valence-electron chi connectivity index (χ1n) is 7.39. The highest BCUT2D eigenvalue weighted by Gasteiger charge is 2.53. The predicted molar refractivity (Wildman–Crippen MR) is 83.8 cm³/mol. The van der Waals surface area contributed by atoms with E-state index in [1.807, 2.05) is 12.1 Å². The number of methoxy groups -OCH3 is 1. The molecule has 2 fully saturated rings. The third-order valence-electron chi connectivity index (χ3n) is 4.60. The Balaban J connectivity index is 1.79. The number of ether oxygens (including phenoxy) is 1. The fourth-order valence-corrected chi connectivity index (χ4v) is 4.30. The summed E-state index contributed by atoms with van der Waals surface area (Å²) < 4.78 is 4.56. The van der Waals surface area contributed by atoms with Gasteiger partial charge in [-0.25, -0.2) is 0 Å². The molecule has 1 saturated carbocycles. The lowest BCUT2D eigenvalue weighted by atomic mass is 9.86. The number of alkyl halides is 2. The van der Waals surface area contributed by atoms with Crippen molar-refractivity contribution in [3.05, 3.63) is 29.8 Å². The monoisotopic (exact) mass is 313 g/mol. The first-order chi connectivity index (χ1) is 9.62. The van der Waals surface area contributed by atoms with E-state index in [-0.39, 0.29) is 6.04 Å². The molecule has 2 aliphatic rings. The number of benzene rings is 1. The lowest BCUT2D eigenvalue weighted by molar-refractivity contribution is 0.0122. The molecule has 1 atom stereocenters. The van der Waals surface area contributed by atoms with Gasteiger partial charge in [0.05, 0.1) is 13.2 Å². The van der Waals surface area contributed by atoms with Crippen molar-refractivity contribution in [2.24, 2.45) is 0 Å². The normalized spacial score (nSPS) is 27.1. The smallest absolute Gasteiger partial charge is 0.150 e. The largest absolute Gasteiger partial charge is 0.497 e. The van der Waals surface area contributed by atoms with Gasteiger partial charge in [0.2, 0.25) is 0 Å². The molecular weight excluding hydrogens is 293 g/mol. The summed E-state index contributed by atoms with van der Waals surface area (Å²) in [6, 6.07) is 8.88.